The van der Waals surface area contributed by atoms with Crippen molar-refractivity contribution in [3.05, 3.63) is 53.3 Å². The smallest absolute Gasteiger partial charge is 0.0877 e. The van der Waals surface area contributed by atoms with Crippen molar-refractivity contribution < 1.29 is 0 Å². The topological polar surface area (TPSA) is 56.2 Å². The molecule has 0 saturated carbocycles. The highest BCUT2D eigenvalue weighted by atomic mass is 79.9. The number of aliphatic imine (C=N–C) groups is 1. The molecular formula is C15H17BrN4. The van der Waals surface area contributed by atoms with Crippen LogP contribution in [-0.4, -0.2) is 15.5 Å². The van der Waals surface area contributed by atoms with E-state index in [1.807, 2.05) is 29.1 Å². The highest BCUT2D eigenvalue weighted by Gasteiger charge is 2.07. The molecule has 0 atom stereocenters. The Morgan fingerprint density at radius 3 is 2.85 bits per heavy atom. The molecule has 0 fully saturated rings. The Bertz CT molecular complexity index is 656. The van der Waals surface area contributed by atoms with E-state index in [9.17, 15) is 0 Å². The van der Waals surface area contributed by atoms with Crippen molar-refractivity contribution in [1.29, 1.82) is 0 Å². The van der Waals surface area contributed by atoms with Crippen molar-refractivity contribution in [1.82, 2.24) is 9.78 Å². The van der Waals surface area contributed by atoms with Crippen LogP contribution in [0.1, 0.15) is 25.5 Å². The summed E-state index contributed by atoms with van der Waals surface area (Å²) in [7, 11) is 0. The Labute approximate surface area is 127 Å². The minimum absolute atomic E-state index is 0.311. The summed E-state index contributed by atoms with van der Waals surface area (Å²) in [5.74, 6) is 0. The second-order valence-corrected chi connectivity index (χ2v) is 5.62. The van der Waals surface area contributed by atoms with Gasteiger partial charge in [0.2, 0.25) is 0 Å². The first kappa shape index (κ1) is 14.5. The van der Waals surface area contributed by atoms with Crippen molar-refractivity contribution in [3.8, 4) is 0 Å². The van der Waals surface area contributed by atoms with Gasteiger partial charge in [0.1, 0.15) is 0 Å². The molecule has 0 aliphatic rings. The lowest BCUT2D eigenvalue weighted by atomic mass is 10.2. The number of aromatic nitrogens is 2. The van der Waals surface area contributed by atoms with E-state index in [0.29, 0.717) is 17.4 Å². The van der Waals surface area contributed by atoms with E-state index in [-0.39, 0.29) is 0 Å². The molecule has 2 aromatic rings. The van der Waals surface area contributed by atoms with Gasteiger partial charge in [-0.25, -0.2) is 4.99 Å². The molecule has 1 aromatic heterocycles. The Balaban J connectivity index is 2.42. The maximum Gasteiger partial charge on any atom is 0.0877 e. The van der Waals surface area contributed by atoms with E-state index in [1.54, 1.807) is 12.3 Å². The fraction of sp³-hybridized carbons (Fsp3) is 0.200. The molecule has 5 heteroatoms. The van der Waals surface area contributed by atoms with Crippen LogP contribution in [0, 0.1) is 0 Å². The number of rotatable bonds is 4. The number of benzene rings is 1. The standard InChI is InChI=1S/C15H17BrN4/c1-4-14(11-8-18-20(9-11)10(2)3)19-15-7-12(16)5-6-13(15)17/h4-10H,1,17H2,2-3H3. The number of hydrogen-bond acceptors (Lipinski definition) is 3. The quantitative estimate of drug-likeness (QED) is 0.676. The van der Waals surface area contributed by atoms with Gasteiger partial charge in [0, 0.05) is 22.3 Å². The number of halogens is 1. The van der Waals surface area contributed by atoms with Crippen LogP contribution in [0.15, 0.2) is 52.7 Å². The lowest BCUT2D eigenvalue weighted by Gasteiger charge is -2.04. The fourth-order valence-electron chi connectivity index (χ4n) is 1.72. The summed E-state index contributed by atoms with van der Waals surface area (Å²) in [6.07, 6.45) is 5.45. The zero-order valence-corrected chi connectivity index (χ0v) is 13.1. The maximum atomic E-state index is 5.94. The summed E-state index contributed by atoms with van der Waals surface area (Å²) in [4.78, 5) is 4.57. The molecule has 0 aliphatic heterocycles. The van der Waals surface area contributed by atoms with Gasteiger partial charge in [-0.1, -0.05) is 22.5 Å². The highest BCUT2D eigenvalue weighted by Crippen LogP contribution is 2.27. The Morgan fingerprint density at radius 2 is 2.25 bits per heavy atom. The average molecular weight is 333 g/mol. The third kappa shape index (κ3) is 3.17. The van der Waals surface area contributed by atoms with Gasteiger partial charge >= 0.3 is 0 Å². The van der Waals surface area contributed by atoms with E-state index < -0.39 is 0 Å². The Morgan fingerprint density at radius 1 is 1.50 bits per heavy atom. The second-order valence-electron chi connectivity index (χ2n) is 4.71. The Kier molecular flexibility index (Phi) is 4.39. The predicted octanol–water partition coefficient (Wildman–Crippen LogP) is 4.12. The largest absolute Gasteiger partial charge is 0.397 e. The monoisotopic (exact) mass is 332 g/mol. The zero-order valence-electron chi connectivity index (χ0n) is 11.5. The van der Waals surface area contributed by atoms with Gasteiger partial charge in [0.05, 0.1) is 23.3 Å². The van der Waals surface area contributed by atoms with Gasteiger partial charge in [-0.15, -0.1) is 0 Å². The summed E-state index contributed by atoms with van der Waals surface area (Å²) in [5, 5.41) is 4.31. The van der Waals surface area contributed by atoms with Crippen LogP contribution < -0.4 is 5.73 Å². The molecule has 0 amide bonds. The summed E-state index contributed by atoms with van der Waals surface area (Å²) in [6, 6.07) is 5.90. The van der Waals surface area contributed by atoms with Gasteiger partial charge in [-0.2, -0.15) is 5.10 Å². The fourth-order valence-corrected chi connectivity index (χ4v) is 2.07. The average Bonchev–Trinajstić information content (AvgIpc) is 2.89. The first-order valence-corrected chi connectivity index (χ1v) is 7.11. The number of nitrogen functional groups attached to an aromatic ring is 1. The number of nitrogens with two attached hydrogens (primary N) is 1. The number of hydrogen-bond donors (Lipinski definition) is 1. The summed E-state index contributed by atoms with van der Waals surface area (Å²) in [6.45, 7) is 7.97. The molecule has 1 aromatic carbocycles. The van der Waals surface area contributed by atoms with Gasteiger partial charge < -0.3 is 5.73 Å². The van der Waals surface area contributed by atoms with Crippen LogP contribution >= 0.6 is 15.9 Å². The molecule has 4 nitrogen and oxygen atoms in total. The minimum Gasteiger partial charge on any atom is -0.397 e. The number of allylic oxidation sites excluding steroid dienone is 1. The van der Waals surface area contributed by atoms with Gasteiger partial charge in [0.15, 0.2) is 0 Å². The molecule has 1 heterocycles. The van der Waals surface area contributed by atoms with Crippen molar-refractivity contribution in [3.63, 3.8) is 0 Å². The van der Waals surface area contributed by atoms with Crippen LogP contribution in [0.2, 0.25) is 0 Å². The third-order valence-corrected chi connectivity index (χ3v) is 3.35. The Hall–Kier alpha value is -1.88. The van der Waals surface area contributed by atoms with Crippen LogP contribution in [0.5, 0.6) is 0 Å². The van der Waals surface area contributed by atoms with E-state index in [0.717, 1.165) is 15.7 Å². The minimum atomic E-state index is 0.311. The van der Waals surface area contributed by atoms with E-state index in [1.165, 1.54) is 0 Å². The van der Waals surface area contributed by atoms with Crippen molar-refractivity contribution in [2.24, 2.45) is 4.99 Å². The molecule has 0 spiro atoms. The van der Waals surface area contributed by atoms with Gasteiger partial charge in [-0.05, 0) is 38.1 Å². The SMILES string of the molecule is C=CC(=Nc1cc(Br)ccc1N)c1cnn(C(C)C)c1. The predicted molar refractivity (Wildman–Crippen MR) is 87.6 cm³/mol. The molecule has 0 saturated heterocycles. The highest BCUT2D eigenvalue weighted by molar-refractivity contribution is 9.10. The second kappa shape index (κ2) is 6.05. The van der Waals surface area contributed by atoms with Crippen LogP contribution in [0.25, 0.3) is 0 Å². The van der Waals surface area contributed by atoms with E-state index >= 15 is 0 Å². The molecule has 0 unspecified atom stereocenters. The summed E-state index contributed by atoms with van der Waals surface area (Å²) >= 11 is 3.42. The molecule has 0 radical (unpaired) electrons. The molecule has 104 valence electrons. The maximum absolute atomic E-state index is 5.94. The van der Waals surface area contributed by atoms with Crippen LogP contribution in [0.3, 0.4) is 0 Å². The zero-order chi connectivity index (χ0) is 14.7. The normalized spacial score (nSPS) is 11.9. The van der Waals surface area contributed by atoms with Gasteiger partial charge in [-0.3, -0.25) is 4.68 Å². The van der Waals surface area contributed by atoms with Gasteiger partial charge in [0.25, 0.3) is 0 Å². The third-order valence-electron chi connectivity index (χ3n) is 2.85. The van der Waals surface area contributed by atoms with Crippen molar-refractivity contribution in [2.75, 3.05) is 5.73 Å². The van der Waals surface area contributed by atoms with Crippen molar-refractivity contribution >= 4 is 33.0 Å². The molecule has 2 rings (SSSR count). The summed E-state index contributed by atoms with van der Waals surface area (Å²) < 4.78 is 2.82. The molecule has 20 heavy (non-hydrogen) atoms. The molecule has 2 N–H and O–H groups in total. The van der Waals surface area contributed by atoms with Crippen molar-refractivity contribution in [2.45, 2.75) is 19.9 Å². The number of anilines is 1. The lowest BCUT2D eigenvalue weighted by Crippen LogP contribution is -2.00. The molecule has 0 aliphatic carbocycles. The summed E-state index contributed by atoms with van der Waals surface area (Å²) in [5.41, 5.74) is 8.96. The molecular weight excluding hydrogens is 316 g/mol. The first-order chi connectivity index (χ1) is 9.51. The van der Waals surface area contributed by atoms with Crippen LogP contribution in [-0.2, 0) is 0 Å². The van der Waals surface area contributed by atoms with E-state index in [4.69, 9.17) is 5.73 Å². The molecule has 0 bridgehead atoms. The van der Waals surface area contributed by atoms with Crippen LogP contribution in [0.4, 0.5) is 11.4 Å². The number of nitrogens with zero attached hydrogens (tertiary/aromatic N) is 3. The first-order valence-electron chi connectivity index (χ1n) is 6.32. The van der Waals surface area contributed by atoms with E-state index in [2.05, 4.69) is 46.4 Å². The lowest BCUT2D eigenvalue weighted by molar-refractivity contribution is 0.532.